The van der Waals surface area contributed by atoms with Crippen molar-refractivity contribution in [2.75, 3.05) is 6.61 Å². The lowest BCUT2D eigenvalue weighted by atomic mass is 10.0. The highest BCUT2D eigenvalue weighted by Crippen LogP contribution is 2.24. The third-order valence-corrected chi connectivity index (χ3v) is 2.69. The largest absolute Gasteiger partial charge is 0.396 e. The molecule has 0 saturated carbocycles. The van der Waals surface area contributed by atoms with Crippen molar-refractivity contribution in [2.24, 2.45) is 5.73 Å². The zero-order valence-electron chi connectivity index (χ0n) is 8.61. The van der Waals surface area contributed by atoms with Crippen molar-refractivity contribution < 1.29 is 5.11 Å². The lowest BCUT2D eigenvalue weighted by Gasteiger charge is -2.09. The van der Waals surface area contributed by atoms with E-state index in [0.29, 0.717) is 0 Å². The first-order valence-corrected chi connectivity index (χ1v) is 5.25. The van der Waals surface area contributed by atoms with Crippen LogP contribution in [0, 0.1) is 0 Å². The molecule has 1 atom stereocenters. The van der Waals surface area contributed by atoms with E-state index in [0.717, 1.165) is 23.9 Å². The van der Waals surface area contributed by atoms with Crippen LogP contribution in [-0.2, 0) is 0 Å². The van der Waals surface area contributed by atoms with Gasteiger partial charge in [-0.25, -0.2) is 0 Å². The van der Waals surface area contributed by atoms with Crippen LogP contribution >= 0.6 is 0 Å². The molecule has 0 fully saturated rings. The summed E-state index contributed by atoms with van der Waals surface area (Å²) in [5.74, 6) is 0. The molecule has 3 heteroatoms. The molecular formula is C12H16N2O. The molecule has 0 amide bonds. The Morgan fingerprint density at radius 1 is 1.33 bits per heavy atom. The molecule has 0 aliphatic heterocycles. The van der Waals surface area contributed by atoms with Crippen molar-refractivity contribution in [3.05, 3.63) is 36.0 Å². The topological polar surface area (TPSA) is 62.0 Å². The SMILES string of the molecule is NC(CCCO)c1c[nH]c2ccccc12. The van der Waals surface area contributed by atoms with Crippen LogP contribution in [0.25, 0.3) is 10.9 Å². The number of hydrogen-bond donors (Lipinski definition) is 3. The number of aliphatic hydroxyl groups excluding tert-OH is 1. The third-order valence-electron chi connectivity index (χ3n) is 2.69. The van der Waals surface area contributed by atoms with Gasteiger partial charge in [0.05, 0.1) is 0 Å². The molecule has 0 aliphatic rings. The first kappa shape index (κ1) is 10.2. The van der Waals surface area contributed by atoms with Gasteiger partial charge in [-0.15, -0.1) is 0 Å². The van der Waals surface area contributed by atoms with Gasteiger partial charge in [-0.2, -0.15) is 0 Å². The maximum atomic E-state index is 8.76. The number of H-pyrrole nitrogens is 1. The van der Waals surface area contributed by atoms with E-state index in [-0.39, 0.29) is 12.6 Å². The Balaban J connectivity index is 2.27. The maximum absolute atomic E-state index is 8.76. The van der Waals surface area contributed by atoms with E-state index in [1.165, 1.54) is 5.39 Å². The maximum Gasteiger partial charge on any atom is 0.0457 e. The Labute approximate surface area is 88.9 Å². The van der Waals surface area contributed by atoms with Crippen LogP contribution in [0.4, 0.5) is 0 Å². The summed E-state index contributed by atoms with van der Waals surface area (Å²) in [5, 5.41) is 9.95. The van der Waals surface area contributed by atoms with Gasteiger partial charge in [0.15, 0.2) is 0 Å². The van der Waals surface area contributed by atoms with Gasteiger partial charge in [0, 0.05) is 29.7 Å². The van der Waals surface area contributed by atoms with Gasteiger partial charge in [-0.05, 0) is 24.5 Å². The zero-order chi connectivity index (χ0) is 10.7. The summed E-state index contributed by atoms with van der Waals surface area (Å²) in [6.07, 6.45) is 3.53. The number of nitrogens with two attached hydrogens (primary N) is 1. The number of para-hydroxylation sites is 1. The minimum atomic E-state index is 0.00769. The Kier molecular flexibility index (Phi) is 3.04. The van der Waals surface area contributed by atoms with Crippen LogP contribution in [0.3, 0.4) is 0 Å². The molecule has 2 rings (SSSR count). The molecule has 0 radical (unpaired) electrons. The molecule has 1 unspecified atom stereocenters. The van der Waals surface area contributed by atoms with Crippen molar-refractivity contribution in [1.29, 1.82) is 0 Å². The molecule has 0 bridgehead atoms. The van der Waals surface area contributed by atoms with E-state index < -0.39 is 0 Å². The van der Waals surface area contributed by atoms with Gasteiger partial charge in [0.2, 0.25) is 0 Å². The smallest absolute Gasteiger partial charge is 0.0457 e. The fourth-order valence-electron chi connectivity index (χ4n) is 1.87. The van der Waals surface area contributed by atoms with Gasteiger partial charge in [0.25, 0.3) is 0 Å². The van der Waals surface area contributed by atoms with Crippen LogP contribution in [-0.4, -0.2) is 16.7 Å². The van der Waals surface area contributed by atoms with Crippen LogP contribution in [0.15, 0.2) is 30.5 Å². The van der Waals surface area contributed by atoms with Crippen LogP contribution < -0.4 is 5.73 Å². The fraction of sp³-hybridized carbons (Fsp3) is 0.333. The van der Waals surface area contributed by atoms with Crippen LogP contribution in [0.1, 0.15) is 24.4 Å². The molecule has 0 aliphatic carbocycles. The lowest BCUT2D eigenvalue weighted by Crippen LogP contribution is -2.10. The van der Waals surface area contributed by atoms with Gasteiger partial charge in [-0.1, -0.05) is 18.2 Å². The van der Waals surface area contributed by atoms with Gasteiger partial charge >= 0.3 is 0 Å². The summed E-state index contributed by atoms with van der Waals surface area (Å²) in [7, 11) is 0. The molecule has 3 nitrogen and oxygen atoms in total. The highest BCUT2D eigenvalue weighted by molar-refractivity contribution is 5.83. The molecule has 4 N–H and O–H groups in total. The fourth-order valence-corrected chi connectivity index (χ4v) is 1.87. The van der Waals surface area contributed by atoms with Crippen molar-refractivity contribution in [1.82, 2.24) is 4.98 Å². The Morgan fingerprint density at radius 2 is 2.13 bits per heavy atom. The van der Waals surface area contributed by atoms with E-state index >= 15 is 0 Å². The standard InChI is InChI=1S/C12H16N2O/c13-11(5-3-7-15)10-8-14-12-6-2-1-4-9(10)12/h1-2,4,6,8,11,14-15H,3,5,7,13H2. The average Bonchev–Trinajstić information content (AvgIpc) is 2.69. The van der Waals surface area contributed by atoms with E-state index in [4.69, 9.17) is 10.8 Å². The molecule has 0 spiro atoms. The number of aromatic nitrogens is 1. The molecule has 80 valence electrons. The van der Waals surface area contributed by atoms with Gasteiger partial charge < -0.3 is 15.8 Å². The average molecular weight is 204 g/mol. The normalized spacial score (nSPS) is 13.2. The van der Waals surface area contributed by atoms with Crippen LogP contribution in [0.5, 0.6) is 0 Å². The van der Waals surface area contributed by atoms with E-state index in [1.807, 2.05) is 24.4 Å². The minimum absolute atomic E-state index is 0.00769. The minimum Gasteiger partial charge on any atom is -0.396 e. The molecule has 1 heterocycles. The predicted octanol–water partition coefficient (Wildman–Crippen LogP) is 1.94. The number of hydrogen-bond acceptors (Lipinski definition) is 2. The summed E-state index contributed by atoms with van der Waals surface area (Å²) in [4.78, 5) is 3.20. The monoisotopic (exact) mass is 204 g/mol. The number of benzene rings is 1. The molecule has 15 heavy (non-hydrogen) atoms. The van der Waals surface area contributed by atoms with Crippen molar-refractivity contribution in [3.63, 3.8) is 0 Å². The number of aliphatic hydroxyl groups is 1. The Hall–Kier alpha value is -1.32. The molecule has 1 aromatic heterocycles. The van der Waals surface area contributed by atoms with Crippen LogP contribution in [0.2, 0.25) is 0 Å². The summed E-state index contributed by atoms with van der Waals surface area (Å²) < 4.78 is 0. The second-order valence-electron chi connectivity index (χ2n) is 3.76. The Bertz CT molecular complexity index is 436. The van der Waals surface area contributed by atoms with Crippen molar-refractivity contribution in [3.8, 4) is 0 Å². The number of rotatable bonds is 4. The highest BCUT2D eigenvalue weighted by Gasteiger charge is 2.10. The lowest BCUT2D eigenvalue weighted by molar-refractivity contribution is 0.280. The molecular weight excluding hydrogens is 188 g/mol. The van der Waals surface area contributed by atoms with E-state index in [9.17, 15) is 0 Å². The Morgan fingerprint density at radius 3 is 2.93 bits per heavy atom. The predicted molar refractivity (Wildman–Crippen MR) is 61.5 cm³/mol. The number of aromatic amines is 1. The van der Waals surface area contributed by atoms with E-state index in [1.54, 1.807) is 0 Å². The summed E-state index contributed by atoms with van der Waals surface area (Å²) >= 11 is 0. The summed E-state index contributed by atoms with van der Waals surface area (Å²) in [5.41, 5.74) is 8.32. The van der Waals surface area contributed by atoms with Crippen molar-refractivity contribution in [2.45, 2.75) is 18.9 Å². The number of fused-ring (bicyclic) bond motifs is 1. The molecule has 1 aromatic carbocycles. The van der Waals surface area contributed by atoms with Gasteiger partial charge in [0.1, 0.15) is 0 Å². The summed E-state index contributed by atoms with van der Waals surface area (Å²) in [6.45, 7) is 0.204. The number of nitrogens with one attached hydrogen (secondary N) is 1. The first-order chi connectivity index (χ1) is 7.33. The molecule has 2 aromatic rings. The quantitative estimate of drug-likeness (QED) is 0.712. The second kappa shape index (κ2) is 4.47. The molecule has 0 saturated heterocycles. The van der Waals surface area contributed by atoms with Gasteiger partial charge in [-0.3, -0.25) is 0 Å². The van der Waals surface area contributed by atoms with E-state index in [2.05, 4.69) is 11.1 Å². The van der Waals surface area contributed by atoms with Crippen molar-refractivity contribution >= 4 is 10.9 Å². The highest BCUT2D eigenvalue weighted by atomic mass is 16.2. The zero-order valence-corrected chi connectivity index (χ0v) is 8.61. The third kappa shape index (κ3) is 2.03. The first-order valence-electron chi connectivity index (χ1n) is 5.25. The second-order valence-corrected chi connectivity index (χ2v) is 3.76. The summed E-state index contributed by atoms with van der Waals surface area (Å²) in [6, 6.07) is 8.13.